The minimum absolute atomic E-state index is 0.533. The Balaban J connectivity index is 2.94. The molecular weight excluding hydrogens is 285 g/mol. The van der Waals surface area contributed by atoms with Gasteiger partial charge in [-0.25, -0.2) is 0 Å². The minimum Gasteiger partial charge on any atom is -0.365 e. The quantitative estimate of drug-likeness (QED) is 0.705. The highest BCUT2D eigenvalue weighted by atomic mass is 32.2. The molecule has 0 aromatic heterocycles. The summed E-state index contributed by atoms with van der Waals surface area (Å²) in [4.78, 5) is 1.12. The normalized spacial score (nSPS) is 13.6. The van der Waals surface area contributed by atoms with Crippen LogP contribution in [0.15, 0.2) is 29.2 Å². The van der Waals surface area contributed by atoms with E-state index in [4.69, 9.17) is 4.74 Å². The molecule has 0 heterocycles. The fourth-order valence-electron chi connectivity index (χ4n) is 1.80. The van der Waals surface area contributed by atoms with Crippen LogP contribution in [0.3, 0.4) is 0 Å². The zero-order chi connectivity index (χ0) is 15.6. The smallest absolute Gasteiger partial charge is 0.365 e. The van der Waals surface area contributed by atoms with Gasteiger partial charge in [-0.15, -0.1) is 11.8 Å². The van der Waals surface area contributed by atoms with E-state index >= 15 is 0 Å². The van der Waals surface area contributed by atoms with E-state index in [1.54, 1.807) is 25.6 Å². The van der Waals surface area contributed by atoms with Crippen molar-refractivity contribution in [3.05, 3.63) is 29.8 Å². The molecule has 0 saturated heterocycles. The van der Waals surface area contributed by atoms with Crippen molar-refractivity contribution in [1.29, 1.82) is 0 Å². The van der Waals surface area contributed by atoms with Crippen molar-refractivity contribution in [2.75, 3.05) is 12.9 Å². The Morgan fingerprint density at radius 2 is 1.50 bits per heavy atom. The van der Waals surface area contributed by atoms with E-state index in [0.717, 1.165) is 10.5 Å². The van der Waals surface area contributed by atoms with Crippen LogP contribution in [-0.4, -0.2) is 24.6 Å². The lowest BCUT2D eigenvalue weighted by Gasteiger charge is -2.42. The van der Waals surface area contributed by atoms with Gasteiger partial charge in [0.25, 0.3) is 0 Å². The van der Waals surface area contributed by atoms with Crippen molar-refractivity contribution in [2.45, 2.75) is 49.8 Å². The molecule has 0 atom stereocenters. The lowest BCUT2D eigenvalue weighted by molar-refractivity contribution is -0.209. The van der Waals surface area contributed by atoms with E-state index < -0.39 is 23.8 Å². The second-order valence-electron chi connectivity index (χ2n) is 5.77. The summed E-state index contributed by atoms with van der Waals surface area (Å²) in [7, 11) is 0. The third kappa shape index (κ3) is 4.16. The van der Waals surface area contributed by atoms with Crippen molar-refractivity contribution in [2.24, 2.45) is 0 Å². The summed E-state index contributed by atoms with van der Waals surface area (Å²) in [5, 5.41) is 0. The van der Waals surface area contributed by atoms with Gasteiger partial charge in [-0.05, 0) is 37.8 Å². The molecule has 0 spiro atoms. The lowest BCUT2D eigenvalue weighted by atomic mass is 9.72. The van der Waals surface area contributed by atoms with Gasteiger partial charge in [0.1, 0.15) is 6.61 Å². The second-order valence-corrected chi connectivity index (χ2v) is 6.65. The first kappa shape index (κ1) is 17.4. The minimum atomic E-state index is -4.31. The second kappa shape index (κ2) is 5.98. The third-order valence-electron chi connectivity index (χ3n) is 3.91. The van der Waals surface area contributed by atoms with Crippen LogP contribution < -0.4 is 0 Å². The average Bonchev–Trinajstić information content (AvgIpc) is 2.35. The molecule has 0 N–H and O–H groups in total. The molecule has 0 unspecified atom stereocenters. The molecule has 0 saturated carbocycles. The molecule has 1 aromatic rings. The van der Waals surface area contributed by atoms with Gasteiger partial charge in [0.05, 0.1) is 5.60 Å². The maximum absolute atomic E-state index is 12.3. The van der Waals surface area contributed by atoms with Gasteiger partial charge < -0.3 is 4.74 Å². The van der Waals surface area contributed by atoms with E-state index in [9.17, 15) is 13.2 Å². The molecule has 20 heavy (non-hydrogen) atoms. The zero-order valence-corrected chi connectivity index (χ0v) is 13.3. The summed E-state index contributed by atoms with van der Waals surface area (Å²) < 4.78 is 42.2. The number of benzene rings is 1. The Morgan fingerprint density at radius 3 is 1.90 bits per heavy atom. The van der Waals surface area contributed by atoms with Gasteiger partial charge in [-0.3, -0.25) is 0 Å². The van der Waals surface area contributed by atoms with Crippen molar-refractivity contribution < 1.29 is 17.9 Å². The fourth-order valence-corrected chi connectivity index (χ4v) is 2.21. The monoisotopic (exact) mass is 306 g/mol. The van der Waals surface area contributed by atoms with Crippen molar-refractivity contribution in [3.8, 4) is 0 Å². The Kier molecular flexibility index (Phi) is 5.19. The van der Waals surface area contributed by atoms with E-state index in [-0.39, 0.29) is 0 Å². The van der Waals surface area contributed by atoms with Gasteiger partial charge >= 0.3 is 6.18 Å². The maximum Gasteiger partial charge on any atom is 0.411 e. The topological polar surface area (TPSA) is 9.23 Å². The van der Waals surface area contributed by atoms with Gasteiger partial charge in [-0.1, -0.05) is 26.0 Å². The highest BCUT2D eigenvalue weighted by Gasteiger charge is 2.42. The Hall–Kier alpha value is -0.680. The summed E-state index contributed by atoms with van der Waals surface area (Å²) in [5.41, 5.74) is -0.499. The van der Waals surface area contributed by atoms with Crippen LogP contribution in [0, 0.1) is 0 Å². The first-order valence-electron chi connectivity index (χ1n) is 6.35. The van der Waals surface area contributed by atoms with Crippen LogP contribution >= 0.6 is 11.8 Å². The molecule has 0 bridgehead atoms. The number of alkyl halides is 3. The summed E-state index contributed by atoms with van der Waals surface area (Å²) in [6.45, 7) is 5.96. The van der Waals surface area contributed by atoms with Gasteiger partial charge in [0, 0.05) is 10.3 Å². The summed E-state index contributed by atoms with van der Waals surface area (Å²) in [6, 6.07) is 7.85. The number of hydrogen-bond acceptors (Lipinski definition) is 2. The Bertz CT molecular complexity index is 435. The Morgan fingerprint density at radius 1 is 1.00 bits per heavy atom. The van der Waals surface area contributed by atoms with Crippen LogP contribution in [-0.2, 0) is 10.2 Å². The molecule has 0 aliphatic heterocycles. The summed E-state index contributed by atoms with van der Waals surface area (Å²) in [5.74, 6) is 0. The summed E-state index contributed by atoms with van der Waals surface area (Å²) in [6.07, 6.45) is -2.33. The average molecular weight is 306 g/mol. The van der Waals surface area contributed by atoms with E-state index in [2.05, 4.69) is 0 Å². The SMILES string of the molecule is CSc1ccc(C(C)(C)C(C)(C)OCC(F)(F)F)cc1. The fraction of sp³-hybridized carbons (Fsp3) is 0.600. The highest BCUT2D eigenvalue weighted by Crippen LogP contribution is 2.38. The number of hydrogen-bond donors (Lipinski definition) is 0. The molecule has 0 aliphatic carbocycles. The van der Waals surface area contributed by atoms with Crippen LogP contribution in [0.25, 0.3) is 0 Å². The molecule has 0 amide bonds. The number of rotatable bonds is 5. The molecule has 5 heteroatoms. The molecule has 1 aromatic carbocycles. The van der Waals surface area contributed by atoms with Crippen molar-refractivity contribution >= 4 is 11.8 Å². The van der Waals surface area contributed by atoms with E-state index in [0.29, 0.717) is 0 Å². The zero-order valence-electron chi connectivity index (χ0n) is 12.5. The van der Waals surface area contributed by atoms with Crippen molar-refractivity contribution in [1.82, 2.24) is 0 Å². The van der Waals surface area contributed by atoms with E-state index in [1.165, 1.54) is 0 Å². The molecule has 0 radical (unpaired) electrons. The Labute approximate surface area is 122 Å². The van der Waals surface area contributed by atoms with Gasteiger partial charge in [0.2, 0.25) is 0 Å². The number of halogens is 3. The standard InChI is InChI=1S/C15H21F3OS/c1-13(2,11-6-8-12(20-5)9-7-11)14(3,4)19-10-15(16,17)18/h6-9H,10H2,1-5H3. The third-order valence-corrected chi connectivity index (χ3v) is 4.66. The predicted molar refractivity (Wildman–Crippen MR) is 77.3 cm³/mol. The molecule has 1 nitrogen and oxygen atoms in total. The predicted octanol–water partition coefficient (Wildman–Crippen LogP) is 5.04. The molecule has 0 aliphatic rings. The maximum atomic E-state index is 12.3. The lowest BCUT2D eigenvalue weighted by Crippen LogP contribution is -2.46. The van der Waals surface area contributed by atoms with Crippen LogP contribution in [0.2, 0.25) is 0 Å². The van der Waals surface area contributed by atoms with E-state index in [1.807, 2.05) is 44.4 Å². The number of thioether (sulfide) groups is 1. The molecular formula is C15H21F3OS. The van der Waals surface area contributed by atoms with Crippen LogP contribution in [0.1, 0.15) is 33.3 Å². The molecule has 114 valence electrons. The van der Waals surface area contributed by atoms with Gasteiger partial charge in [-0.2, -0.15) is 13.2 Å². The van der Waals surface area contributed by atoms with Crippen molar-refractivity contribution in [3.63, 3.8) is 0 Å². The number of ether oxygens (including phenoxy) is 1. The molecule has 0 fully saturated rings. The molecule has 1 rings (SSSR count). The first-order valence-corrected chi connectivity index (χ1v) is 7.57. The van der Waals surface area contributed by atoms with Crippen LogP contribution in [0.4, 0.5) is 13.2 Å². The first-order chi connectivity index (χ1) is 8.99. The highest BCUT2D eigenvalue weighted by molar-refractivity contribution is 7.98. The summed E-state index contributed by atoms with van der Waals surface area (Å²) >= 11 is 1.63. The van der Waals surface area contributed by atoms with Gasteiger partial charge in [0.15, 0.2) is 0 Å². The largest absolute Gasteiger partial charge is 0.411 e. The van der Waals surface area contributed by atoms with Crippen LogP contribution in [0.5, 0.6) is 0 Å².